The predicted molar refractivity (Wildman–Crippen MR) is 88.5 cm³/mol. The first-order valence-corrected chi connectivity index (χ1v) is 8.59. The first-order chi connectivity index (χ1) is 11.0. The summed E-state index contributed by atoms with van der Waals surface area (Å²) >= 11 is 0. The Hall–Kier alpha value is -1.68. The van der Waals surface area contributed by atoms with Crippen molar-refractivity contribution in [2.45, 2.75) is 32.6 Å². The highest BCUT2D eigenvalue weighted by molar-refractivity contribution is 5.96. The quantitative estimate of drug-likeness (QED) is 0.786. The third-order valence-corrected chi connectivity index (χ3v) is 5.24. The van der Waals surface area contributed by atoms with Gasteiger partial charge in [-0.2, -0.15) is 0 Å². The molecule has 1 heterocycles. The minimum absolute atomic E-state index is 0.178. The van der Waals surface area contributed by atoms with Crippen LogP contribution in [-0.4, -0.2) is 41.4 Å². The van der Waals surface area contributed by atoms with Crippen molar-refractivity contribution in [3.8, 4) is 0 Å². The van der Waals surface area contributed by atoms with Gasteiger partial charge < -0.3 is 10.0 Å². The fourth-order valence-corrected chi connectivity index (χ4v) is 3.71. The molecule has 0 radical (unpaired) electrons. The Bertz CT molecular complexity index is 577. The van der Waals surface area contributed by atoms with E-state index in [0.29, 0.717) is 24.8 Å². The van der Waals surface area contributed by atoms with Crippen LogP contribution < -0.4 is 0 Å². The Kier molecular flexibility index (Phi) is 4.81. The average molecular weight is 315 g/mol. The second kappa shape index (κ2) is 6.83. The summed E-state index contributed by atoms with van der Waals surface area (Å²) in [6.45, 7) is 4.37. The second-order valence-corrected chi connectivity index (χ2v) is 7.10. The van der Waals surface area contributed by atoms with E-state index in [4.69, 9.17) is 0 Å². The lowest BCUT2D eigenvalue weighted by Crippen LogP contribution is -2.25. The molecule has 2 atom stereocenters. The molecule has 2 aliphatic rings. The molecular weight excluding hydrogens is 290 g/mol. The molecular formula is C19H25NO3. The zero-order valence-electron chi connectivity index (χ0n) is 13.7. The maximum Gasteiger partial charge on any atom is 0.308 e. The summed E-state index contributed by atoms with van der Waals surface area (Å²) in [4.78, 5) is 25.8. The molecule has 0 aromatic heterocycles. The fourth-order valence-electron chi connectivity index (χ4n) is 3.71. The van der Waals surface area contributed by atoms with Gasteiger partial charge in [-0.25, -0.2) is 0 Å². The number of carbonyl (C=O) groups excluding carboxylic acids is 1. The van der Waals surface area contributed by atoms with Gasteiger partial charge in [-0.3, -0.25) is 9.59 Å². The number of nitrogens with zero attached hydrogens (tertiary/aromatic N) is 1. The summed E-state index contributed by atoms with van der Waals surface area (Å²) in [6, 6.07) is 7.70. The first-order valence-electron chi connectivity index (χ1n) is 8.59. The molecule has 1 N–H and O–H groups in total. The SMILES string of the molecule is Cc1ccc(C(=O)CCCN2C[C@@H](C(=O)O)[C@H](C3CC3)C2)cc1. The number of Topliss-reactive ketones (excluding diaryl/α,β-unsaturated/α-hetero) is 1. The van der Waals surface area contributed by atoms with E-state index in [1.54, 1.807) is 0 Å². The van der Waals surface area contributed by atoms with Gasteiger partial charge in [0, 0.05) is 25.1 Å². The van der Waals surface area contributed by atoms with E-state index < -0.39 is 5.97 Å². The predicted octanol–water partition coefficient (Wildman–Crippen LogP) is 3.00. The molecule has 1 aromatic rings. The Morgan fingerprint density at radius 3 is 2.48 bits per heavy atom. The molecule has 3 rings (SSSR count). The van der Waals surface area contributed by atoms with E-state index in [0.717, 1.165) is 30.6 Å². The molecule has 23 heavy (non-hydrogen) atoms. The van der Waals surface area contributed by atoms with Gasteiger partial charge in [0.05, 0.1) is 5.92 Å². The van der Waals surface area contributed by atoms with E-state index in [1.165, 1.54) is 12.8 Å². The maximum absolute atomic E-state index is 12.2. The van der Waals surface area contributed by atoms with Gasteiger partial charge in [0.15, 0.2) is 5.78 Å². The number of carboxylic acid groups (broad SMARTS) is 1. The number of benzene rings is 1. The van der Waals surface area contributed by atoms with Crippen molar-refractivity contribution in [1.82, 2.24) is 4.90 Å². The van der Waals surface area contributed by atoms with Crippen LogP contribution in [0, 0.1) is 24.7 Å². The molecule has 1 aliphatic heterocycles. The number of rotatable bonds is 7. The summed E-state index contributed by atoms with van der Waals surface area (Å²) in [7, 11) is 0. The molecule has 1 aliphatic carbocycles. The number of likely N-dealkylation sites (tertiary alicyclic amines) is 1. The Labute approximate surface area is 137 Å². The van der Waals surface area contributed by atoms with E-state index in [9.17, 15) is 14.7 Å². The van der Waals surface area contributed by atoms with E-state index >= 15 is 0 Å². The summed E-state index contributed by atoms with van der Waals surface area (Å²) in [5.74, 6) is 0.253. The van der Waals surface area contributed by atoms with Crippen LogP contribution in [-0.2, 0) is 4.79 Å². The second-order valence-electron chi connectivity index (χ2n) is 7.10. The van der Waals surface area contributed by atoms with Crippen molar-refractivity contribution in [2.75, 3.05) is 19.6 Å². The monoisotopic (exact) mass is 315 g/mol. The van der Waals surface area contributed by atoms with Crippen molar-refractivity contribution >= 4 is 11.8 Å². The molecule has 0 amide bonds. The van der Waals surface area contributed by atoms with Crippen molar-refractivity contribution in [1.29, 1.82) is 0 Å². The van der Waals surface area contributed by atoms with Gasteiger partial charge in [0.1, 0.15) is 0 Å². The summed E-state index contributed by atoms with van der Waals surface area (Å²) in [5, 5.41) is 9.38. The van der Waals surface area contributed by atoms with Crippen LogP contribution in [0.2, 0.25) is 0 Å². The van der Waals surface area contributed by atoms with Crippen LogP contribution in [0.4, 0.5) is 0 Å². The van der Waals surface area contributed by atoms with Crippen molar-refractivity contribution in [2.24, 2.45) is 17.8 Å². The van der Waals surface area contributed by atoms with Crippen molar-refractivity contribution < 1.29 is 14.7 Å². The summed E-state index contributed by atoms with van der Waals surface area (Å²) in [5.41, 5.74) is 1.93. The minimum atomic E-state index is -0.653. The van der Waals surface area contributed by atoms with Crippen molar-refractivity contribution in [3.63, 3.8) is 0 Å². The van der Waals surface area contributed by atoms with Crippen LogP contribution in [0.25, 0.3) is 0 Å². The topological polar surface area (TPSA) is 57.6 Å². The number of hydrogen-bond acceptors (Lipinski definition) is 3. The summed E-state index contributed by atoms with van der Waals surface area (Å²) in [6.07, 6.45) is 3.71. The zero-order chi connectivity index (χ0) is 16.4. The van der Waals surface area contributed by atoms with Gasteiger partial charge in [0.25, 0.3) is 0 Å². The lowest BCUT2D eigenvalue weighted by atomic mass is 9.92. The smallest absolute Gasteiger partial charge is 0.308 e. The average Bonchev–Trinajstić information content (AvgIpc) is 3.28. The van der Waals surface area contributed by atoms with Crippen LogP contribution in [0.1, 0.15) is 41.6 Å². The molecule has 1 aromatic carbocycles. The van der Waals surface area contributed by atoms with E-state index in [1.807, 2.05) is 31.2 Å². The maximum atomic E-state index is 12.2. The molecule has 0 spiro atoms. The van der Waals surface area contributed by atoms with Gasteiger partial charge in [-0.05, 0) is 44.6 Å². The number of aliphatic carboxylic acids is 1. The first kappa shape index (κ1) is 16.2. The van der Waals surface area contributed by atoms with Gasteiger partial charge in [-0.1, -0.05) is 29.8 Å². The molecule has 124 valence electrons. The highest BCUT2D eigenvalue weighted by Crippen LogP contribution is 2.44. The van der Waals surface area contributed by atoms with Crippen LogP contribution in [0.3, 0.4) is 0 Å². The number of carboxylic acids is 1. The van der Waals surface area contributed by atoms with Crippen molar-refractivity contribution in [3.05, 3.63) is 35.4 Å². The number of aryl methyl sites for hydroxylation is 1. The molecule has 4 nitrogen and oxygen atoms in total. The Balaban J connectivity index is 1.46. The zero-order valence-corrected chi connectivity index (χ0v) is 13.7. The highest BCUT2D eigenvalue weighted by atomic mass is 16.4. The van der Waals surface area contributed by atoms with Gasteiger partial charge >= 0.3 is 5.97 Å². The van der Waals surface area contributed by atoms with E-state index in [2.05, 4.69) is 4.90 Å². The van der Waals surface area contributed by atoms with Gasteiger partial charge in [-0.15, -0.1) is 0 Å². The number of carbonyl (C=O) groups is 2. The normalized spacial score (nSPS) is 24.7. The van der Waals surface area contributed by atoms with Crippen LogP contribution in [0.15, 0.2) is 24.3 Å². The molecule has 0 unspecified atom stereocenters. The van der Waals surface area contributed by atoms with Crippen LogP contribution in [0.5, 0.6) is 0 Å². The fraction of sp³-hybridized carbons (Fsp3) is 0.579. The lowest BCUT2D eigenvalue weighted by molar-refractivity contribution is -0.142. The van der Waals surface area contributed by atoms with Crippen LogP contribution >= 0.6 is 0 Å². The van der Waals surface area contributed by atoms with E-state index in [-0.39, 0.29) is 11.7 Å². The standard InChI is InChI=1S/C19H25NO3/c1-13-4-6-15(7-5-13)18(21)3-2-10-20-11-16(14-8-9-14)17(12-20)19(22)23/h4-7,14,16-17H,2-3,8-12H2,1H3,(H,22,23)/t16-,17+/m0/s1. The third-order valence-electron chi connectivity index (χ3n) is 5.24. The van der Waals surface area contributed by atoms with Gasteiger partial charge in [0.2, 0.25) is 0 Å². The largest absolute Gasteiger partial charge is 0.481 e. The Morgan fingerprint density at radius 2 is 1.87 bits per heavy atom. The molecule has 2 fully saturated rings. The highest BCUT2D eigenvalue weighted by Gasteiger charge is 2.45. The molecule has 1 saturated heterocycles. The Morgan fingerprint density at radius 1 is 1.17 bits per heavy atom. The summed E-state index contributed by atoms with van der Waals surface area (Å²) < 4.78 is 0. The molecule has 1 saturated carbocycles. The molecule has 0 bridgehead atoms. The number of hydrogen-bond donors (Lipinski definition) is 1. The lowest BCUT2D eigenvalue weighted by Gasteiger charge is -2.15. The molecule has 4 heteroatoms. The number of ketones is 1. The third kappa shape index (κ3) is 3.99. The minimum Gasteiger partial charge on any atom is -0.481 e.